The highest BCUT2D eigenvalue weighted by Gasteiger charge is 2.47. The van der Waals surface area contributed by atoms with E-state index in [1.54, 1.807) is 7.11 Å². The maximum absolute atomic E-state index is 11.8. The predicted molar refractivity (Wildman–Crippen MR) is 194 cm³/mol. The lowest BCUT2D eigenvalue weighted by molar-refractivity contribution is -0.120. The quantitative estimate of drug-likeness (QED) is 0.165. The normalized spacial score (nSPS) is 18.6. The molecule has 7 nitrogen and oxygen atoms in total. The first-order valence-corrected chi connectivity index (χ1v) is 17.9. The minimum absolute atomic E-state index is 0.0696. The molecule has 1 atom stereocenters. The van der Waals surface area contributed by atoms with E-state index < -0.39 is 0 Å². The number of hydrogen-bond donors (Lipinski definition) is 2. The number of ether oxygens (including phenoxy) is 1. The van der Waals surface area contributed by atoms with E-state index in [0.29, 0.717) is 46.7 Å². The molecule has 0 bridgehead atoms. The van der Waals surface area contributed by atoms with E-state index in [1.807, 2.05) is 54.6 Å². The van der Waals surface area contributed by atoms with Crippen LogP contribution in [0.2, 0.25) is 10.0 Å². The number of nitrogens with one attached hydrogen (secondary N) is 1. The van der Waals surface area contributed by atoms with Crippen molar-refractivity contribution in [2.75, 3.05) is 20.2 Å². The average molecular weight is 699 g/mol. The number of halogens is 2. The van der Waals surface area contributed by atoms with Crippen LogP contribution >= 0.6 is 23.2 Å². The van der Waals surface area contributed by atoms with E-state index in [2.05, 4.69) is 22.3 Å². The molecule has 49 heavy (non-hydrogen) atoms. The SMILES string of the molecule is COc1nc(-c2cccc(-c3cccc(-c4ccc(CN5CC6(CCC(=O)C6)C5)c(CO)c4)c3Cl)c2Cl)ccc1CCC[C@@H]1CCC(=O)N1. The van der Waals surface area contributed by atoms with Crippen molar-refractivity contribution in [3.05, 3.63) is 93.5 Å². The van der Waals surface area contributed by atoms with Gasteiger partial charge in [0.25, 0.3) is 0 Å². The summed E-state index contributed by atoms with van der Waals surface area (Å²) in [5, 5.41) is 14.5. The van der Waals surface area contributed by atoms with Gasteiger partial charge in [-0.25, -0.2) is 4.98 Å². The molecule has 3 heterocycles. The Kier molecular flexibility index (Phi) is 9.80. The number of carbonyl (C=O) groups is 2. The van der Waals surface area contributed by atoms with E-state index in [-0.39, 0.29) is 24.0 Å². The molecule has 2 saturated heterocycles. The number of aliphatic hydroxyl groups excluding tert-OH is 1. The van der Waals surface area contributed by atoms with E-state index in [4.69, 9.17) is 32.9 Å². The molecular formula is C40H41Cl2N3O4. The molecule has 1 spiro atoms. The smallest absolute Gasteiger partial charge is 0.220 e. The highest BCUT2D eigenvalue weighted by Crippen LogP contribution is 2.45. The lowest BCUT2D eigenvalue weighted by Crippen LogP contribution is -2.54. The van der Waals surface area contributed by atoms with Crippen molar-refractivity contribution in [3.8, 4) is 39.4 Å². The third-order valence-electron chi connectivity index (χ3n) is 10.5. The van der Waals surface area contributed by atoms with Crippen LogP contribution in [0.4, 0.5) is 0 Å². The van der Waals surface area contributed by atoms with Crippen molar-refractivity contribution in [3.63, 3.8) is 0 Å². The summed E-state index contributed by atoms with van der Waals surface area (Å²) < 4.78 is 5.69. The van der Waals surface area contributed by atoms with Crippen LogP contribution in [0.5, 0.6) is 5.88 Å². The minimum atomic E-state index is -0.0696. The Morgan fingerprint density at radius 3 is 2.31 bits per heavy atom. The van der Waals surface area contributed by atoms with Crippen molar-refractivity contribution in [2.45, 2.75) is 70.6 Å². The summed E-state index contributed by atoms with van der Waals surface area (Å²) in [6, 6.07) is 22.2. The van der Waals surface area contributed by atoms with Crippen LogP contribution in [0.25, 0.3) is 33.5 Å². The highest BCUT2D eigenvalue weighted by molar-refractivity contribution is 6.39. The van der Waals surface area contributed by atoms with Gasteiger partial charge in [-0.2, -0.15) is 0 Å². The number of benzene rings is 3. The second-order valence-corrected chi connectivity index (χ2v) is 14.7. The molecule has 0 unspecified atom stereocenters. The molecule has 3 aliphatic rings. The average Bonchev–Trinajstić information content (AvgIpc) is 3.70. The molecule has 4 aromatic rings. The molecule has 3 fully saturated rings. The van der Waals surface area contributed by atoms with E-state index in [0.717, 1.165) is 96.2 Å². The summed E-state index contributed by atoms with van der Waals surface area (Å²) in [5.41, 5.74) is 8.02. The zero-order valence-electron chi connectivity index (χ0n) is 27.7. The monoisotopic (exact) mass is 697 g/mol. The first kappa shape index (κ1) is 33.7. The second kappa shape index (κ2) is 14.2. The fraction of sp³-hybridized carbons (Fsp3) is 0.375. The summed E-state index contributed by atoms with van der Waals surface area (Å²) in [5.74, 6) is 1.10. The zero-order chi connectivity index (χ0) is 34.1. The molecule has 2 N–H and O–H groups in total. The summed E-state index contributed by atoms with van der Waals surface area (Å²) >= 11 is 14.2. The fourth-order valence-corrected chi connectivity index (χ4v) is 8.60. The van der Waals surface area contributed by atoms with Crippen molar-refractivity contribution >= 4 is 34.9 Å². The van der Waals surface area contributed by atoms with Crippen molar-refractivity contribution in [1.29, 1.82) is 0 Å². The van der Waals surface area contributed by atoms with Crippen LogP contribution in [0.3, 0.4) is 0 Å². The van der Waals surface area contributed by atoms with Gasteiger partial charge in [0.2, 0.25) is 11.8 Å². The number of pyridine rings is 1. The second-order valence-electron chi connectivity index (χ2n) is 13.9. The molecule has 1 aromatic heterocycles. The van der Waals surface area contributed by atoms with E-state index >= 15 is 0 Å². The maximum Gasteiger partial charge on any atom is 0.220 e. The number of carbonyl (C=O) groups excluding carboxylic acids is 2. The van der Waals surface area contributed by atoms with Gasteiger partial charge in [-0.1, -0.05) is 77.8 Å². The van der Waals surface area contributed by atoms with Gasteiger partial charge >= 0.3 is 0 Å². The van der Waals surface area contributed by atoms with Crippen LogP contribution in [-0.2, 0) is 29.2 Å². The molecule has 7 rings (SSSR count). The van der Waals surface area contributed by atoms with Crippen LogP contribution in [0.1, 0.15) is 61.6 Å². The number of amides is 1. The molecule has 1 saturated carbocycles. The third kappa shape index (κ3) is 7.00. The van der Waals surface area contributed by atoms with Gasteiger partial charge in [-0.15, -0.1) is 0 Å². The number of likely N-dealkylation sites (tertiary alicyclic amines) is 1. The zero-order valence-corrected chi connectivity index (χ0v) is 29.2. The third-order valence-corrected chi connectivity index (χ3v) is 11.3. The van der Waals surface area contributed by atoms with Gasteiger partial charge in [0.1, 0.15) is 5.78 Å². The number of aryl methyl sites for hydroxylation is 1. The minimum Gasteiger partial charge on any atom is -0.481 e. The Hall–Kier alpha value is -3.75. The largest absolute Gasteiger partial charge is 0.481 e. The summed E-state index contributed by atoms with van der Waals surface area (Å²) in [7, 11) is 1.63. The molecule has 0 radical (unpaired) electrons. The predicted octanol–water partition coefficient (Wildman–Crippen LogP) is 8.05. The summed E-state index contributed by atoms with van der Waals surface area (Å²) in [6.45, 7) is 2.56. The Balaban J connectivity index is 1.10. The first-order chi connectivity index (χ1) is 23.8. The number of aromatic nitrogens is 1. The lowest BCUT2D eigenvalue weighted by Gasteiger charge is -2.48. The highest BCUT2D eigenvalue weighted by atomic mass is 35.5. The number of rotatable bonds is 11. The fourth-order valence-electron chi connectivity index (χ4n) is 7.94. The van der Waals surface area contributed by atoms with Crippen molar-refractivity contribution in [1.82, 2.24) is 15.2 Å². The van der Waals surface area contributed by atoms with E-state index in [9.17, 15) is 14.7 Å². The number of Topliss-reactive ketones (excluding diaryl/α,β-unsaturated/α-hetero) is 1. The molecule has 9 heteroatoms. The Morgan fingerprint density at radius 2 is 1.63 bits per heavy atom. The molecular weight excluding hydrogens is 657 g/mol. The van der Waals surface area contributed by atoms with Crippen LogP contribution in [-0.4, -0.2) is 52.9 Å². The van der Waals surface area contributed by atoms with E-state index in [1.165, 1.54) is 0 Å². The van der Waals surface area contributed by atoms with Crippen molar-refractivity contribution in [2.24, 2.45) is 5.41 Å². The molecule has 254 valence electrons. The molecule has 3 aromatic carbocycles. The van der Waals surface area contributed by atoms with Gasteiger partial charge in [0, 0.05) is 78.2 Å². The van der Waals surface area contributed by atoms with Crippen molar-refractivity contribution < 1.29 is 19.4 Å². The van der Waals surface area contributed by atoms with Crippen LogP contribution in [0, 0.1) is 5.41 Å². The molecule has 2 aliphatic heterocycles. The van der Waals surface area contributed by atoms with Gasteiger partial charge in [0.05, 0.1) is 29.5 Å². The number of methoxy groups -OCH3 is 1. The Morgan fingerprint density at radius 1 is 0.918 bits per heavy atom. The summed E-state index contributed by atoms with van der Waals surface area (Å²) in [6.07, 6.45) is 6.59. The van der Waals surface area contributed by atoms with Gasteiger partial charge in [-0.05, 0) is 60.9 Å². The van der Waals surface area contributed by atoms with Crippen LogP contribution in [0.15, 0.2) is 66.7 Å². The number of aliphatic hydroxyl groups is 1. The number of nitrogens with zero attached hydrogens (tertiary/aromatic N) is 2. The molecule has 1 amide bonds. The standard InChI is InChI=1S/C40H41Cl2N3O4/c1-49-39-25(5-2-6-29-14-16-36(48)43-29)13-15-35(44-39)34-10-4-9-33(38(34)42)32-8-3-7-31(37(32)41)26-11-12-27(28(19-26)22-46)21-45-23-40(24-45)18-17-30(47)20-40/h3-4,7-13,15,19,29,46H,2,5-6,14,16-18,20-24H2,1H3,(H,43,48)/t29-/m1/s1. The van der Waals surface area contributed by atoms with Gasteiger partial charge in [0.15, 0.2) is 0 Å². The molecule has 1 aliphatic carbocycles. The topological polar surface area (TPSA) is 91.8 Å². The Labute approximate surface area is 297 Å². The number of hydrogen-bond acceptors (Lipinski definition) is 6. The maximum atomic E-state index is 11.8. The first-order valence-electron chi connectivity index (χ1n) is 17.1. The summed E-state index contributed by atoms with van der Waals surface area (Å²) in [4.78, 5) is 30.6. The van der Waals surface area contributed by atoms with Crippen LogP contribution < -0.4 is 10.1 Å². The van der Waals surface area contributed by atoms with Gasteiger partial charge < -0.3 is 15.2 Å². The van der Waals surface area contributed by atoms with Gasteiger partial charge in [-0.3, -0.25) is 14.5 Å². The lowest BCUT2D eigenvalue weighted by atomic mass is 9.78. The Bertz CT molecular complexity index is 1900. The number of ketones is 1.